The molecule has 0 fully saturated rings. The molecule has 1 aromatic rings. The maximum absolute atomic E-state index is 11.7. The number of carbonyl (C=O) groups is 1. The van der Waals surface area contributed by atoms with E-state index in [0.29, 0.717) is 5.69 Å². The van der Waals surface area contributed by atoms with Gasteiger partial charge in [-0.05, 0) is 20.8 Å². The maximum atomic E-state index is 11.7. The van der Waals surface area contributed by atoms with Crippen molar-refractivity contribution in [3.63, 3.8) is 0 Å². The van der Waals surface area contributed by atoms with Gasteiger partial charge < -0.3 is 16.3 Å². The molecular formula is C9H14N4O2S. The third kappa shape index (κ3) is 2.69. The molecule has 88 valence electrons. The second-order valence-corrected chi connectivity index (χ2v) is 4.88. The summed E-state index contributed by atoms with van der Waals surface area (Å²) in [6.07, 6.45) is 0. The first-order valence-corrected chi connectivity index (χ1v) is 5.47. The molecule has 1 aromatic heterocycles. The van der Waals surface area contributed by atoms with Crippen LogP contribution in [0.1, 0.15) is 29.3 Å². The summed E-state index contributed by atoms with van der Waals surface area (Å²) >= 11 is 1.39. The summed E-state index contributed by atoms with van der Waals surface area (Å²) in [4.78, 5) is 15.8. The van der Waals surface area contributed by atoms with Crippen LogP contribution >= 0.6 is 11.3 Å². The molecule has 0 bridgehead atoms. The van der Waals surface area contributed by atoms with Crippen molar-refractivity contribution in [2.24, 2.45) is 10.9 Å². The van der Waals surface area contributed by atoms with Crippen molar-refractivity contribution in [1.82, 2.24) is 10.3 Å². The highest BCUT2D eigenvalue weighted by Gasteiger charge is 2.26. The van der Waals surface area contributed by atoms with Crippen LogP contribution in [0.15, 0.2) is 10.5 Å². The summed E-state index contributed by atoms with van der Waals surface area (Å²) in [5, 5.41) is 16.5. The van der Waals surface area contributed by atoms with Crippen molar-refractivity contribution in [2.45, 2.75) is 26.3 Å². The number of aromatic nitrogens is 1. The number of hydrogen-bond donors (Lipinski definition) is 3. The lowest BCUT2D eigenvalue weighted by Crippen LogP contribution is -2.53. The summed E-state index contributed by atoms with van der Waals surface area (Å²) in [6, 6.07) is 0. The van der Waals surface area contributed by atoms with Crippen molar-refractivity contribution < 1.29 is 10.0 Å². The third-order valence-electron chi connectivity index (χ3n) is 2.03. The molecule has 16 heavy (non-hydrogen) atoms. The van der Waals surface area contributed by atoms with Crippen LogP contribution in [0, 0.1) is 6.92 Å². The lowest BCUT2D eigenvalue weighted by molar-refractivity contribution is 0.0926. The monoisotopic (exact) mass is 242 g/mol. The predicted octanol–water partition coefficient (Wildman–Crippen LogP) is 0.706. The molecule has 7 heteroatoms. The van der Waals surface area contributed by atoms with Crippen LogP contribution in [0.3, 0.4) is 0 Å². The standard InChI is InChI=1S/C9H14N4O2S/c1-5-11-6(4-16-5)7(14)12-9(2,3)8(10)13-15/h4,15H,1-3H3,(H2,10,13)(H,12,14). The van der Waals surface area contributed by atoms with Crippen molar-refractivity contribution in [2.75, 3.05) is 0 Å². The number of hydrogen-bond acceptors (Lipinski definition) is 5. The van der Waals surface area contributed by atoms with Gasteiger partial charge in [0.2, 0.25) is 0 Å². The number of nitrogens with one attached hydrogen (secondary N) is 1. The first kappa shape index (κ1) is 12.4. The number of carbonyl (C=O) groups excluding carboxylic acids is 1. The Kier molecular flexibility index (Phi) is 3.48. The molecule has 6 nitrogen and oxygen atoms in total. The molecule has 0 atom stereocenters. The van der Waals surface area contributed by atoms with Crippen LogP contribution in [0.4, 0.5) is 0 Å². The molecule has 0 radical (unpaired) electrons. The van der Waals surface area contributed by atoms with Gasteiger partial charge in [-0.3, -0.25) is 4.79 Å². The summed E-state index contributed by atoms with van der Waals surface area (Å²) in [6.45, 7) is 5.09. The van der Waals surface area contributed by atoms with E-state index in [4.69, 9.17) is 10.9 Å². The molecule has 0 aliphatic carbocycles. The van der Waals surface area contributed by atoms with Gasteiger partial charge in [0.1, 0.15) is 5.69 Å². The Balaban J connectivity index is 2.79. The zero-order chi connectivity index (χ0) is 12.3. The van der Waals surface area contributed by atoms with Crippen LogP contribution in [-0.2, 0) is 0 Å². The second-order valence-electron chi connectivity index (χ2n) is 3.82. The Morgan fingerprint density at radius 2 is 2.31 bits per heavy atom. The summed E-state index contributed by atoms with van der Waals surface area (Å²) in [7, 11) is 0. The number of nitrogens with zero attached hydrogens (tertiary/aromatic N) is 2. The zero-order valence-corrected chi connectivity index (χ0v) is 10.1. The lowest BCUT2D eigenvalue weighted by atomic mass is 10.0. The number of nitrogens with two attached hydrogens (primary N) is 1. The van der Waals surface area contributed by atoms with Crippen LogP contribution in [-0.4, -0.2) is 27.5 Å². The van der Waals surface area contributed by atoms with E-state index in [1.54, 1.807) is 19.2 Å². The topological polar surface area (TPSA) is 101 Å². The molecule has 1 heterocycles. The fraction of sp³-hybridized carbons (Fsp3) is 0.444. The molecule has 4 N–H and O–H groups in total. The van der Waals surface area contributed by atoms with Gasteiger partial charge in [0, 0.05) is 5.38 Å². The largest absolute Gasteiger partial charge is 0.409 e. The van der Waals surface area contributed by atoms with E-state index in [1.807, 2.05) is 6.92 Å². The fourth-order valence-electron chi connectivity index (χ4n) is 1.00. The van der Waals surface area contributed by atoms with Gasteiger partial charge in [-0.2, -0.15) is 0 Å². The highest BCUT2D eigenvalue weighted by atomic mass is 32.1. The summed E-state index contributed by atoms with van der Waals surface area (Å²) < 4.78 is 0. The van der Waals surface area contributed by atoms with E-state index in [9.17, 15) is 4.79 Å². The van der Waals surface area contributed by atoms with E-state index < -0.39 is 5.54 Å². The van der Waals surface area contributed by atoms with E-state index in [0.717, 1.165) is 5.01 Å². The Bertz CT molecular complexity index is 425. The number of amidine groups is 1. The molecule has 0 aliphatic rings. The van der Waals surface area contributed by atoms with Crippen molar-refractivity contribution in [1.29, 1.82) is 0 Å². The molecule has 1 rings (SSSR count). The van der Waals surface area contributed by atoms with Gasteiger partial charge in [-0.25, -0.2) is 4.98 Å². The normalized spacial score (nSPS) is 12.6. The first-order valence-electron chi connectivity index (χ1n) is 4.59. The van der Waals surface area contributed by atoms with Crippen LogP contribution < -0.4 is 11.1 Å². The zero-order valence-electron chi connectivity index (χ0n) is 9.31. The Morgan fingerprint density at radius 3 is 2.75 bits per heavy atom. The van der Waals surface area contributed by atoms with Crippen molar-refractivity contribution in [3.8, 4) is 0 Å². The molecule has 0 saturated carbocycles. The van der Waals surface area contributed by atoms with Crippen molar-refractivity contribution in [3.05, 3.63) is 16.1 Å². The minimum Gasteiger partial charge on any atom is -0.409 e. The molecule has 0 unspecified atom stereocenters. The highest BCUT2D eigenvalue weighted by Crippen LogP contribution is 2.10. The predicted molar refractivity (Wildman–Crippen MR) is 61.8 cm³/mol. The van der Waals surface area contributed by atoms with E-state index in [1.165, 1.54) is 11.3 Å². The Labute approximate surface area is 97.2 Å². The van der Waals surface area contributed by atoms with Crippen LogP contribution in [0.2, 0.25) is 0 Å². The number of oxime groups is 1. The molecular weight excluding hydrogens is 228 g/mol. The average molecular weight is 242 g/mol. The smallest absolute Gasteiger partial charge is 0.271 e. The van der Waals surface area contributed by atoms with E-state index >= 15 is 0 Å². The Morgan fingerprint density at radius 1 is 1.69 bits per heavy atom. The fourth-order valence-corrected chi connectivity index (χ4v) is 1.60. The van der Waals surface area contributed by atoms with Crippen LogP contribution in [0.5, 0.6) is 0 Å². The highest BCUT2D eigenvalue weighted by molar-refractivity contribution is 7.09. The minimum atomic E-state index is -0.913. The number of rotatable bonds is 3. The summed E-state index contributed by atoms with van der Waals surface area (Å²) in [5.41, 5.74) is 4.87. The molecule has 0 aliphatic heterocycles. The van der Waals surface area contributed by atoms with Crippen LogP contribution in [0.25, 0.3) is 0 Å². The first-order chi connectivity index (χ1) is 7.36. The number of amides is 1. The van der Waals surface area contributed by atoms with Gasteiger partial charge in [0.05, 0.1) is 10.5 Å². The van der Waals surface area contributed by atoms with Gasteiger partial charge in [-0.1, -0.05) is 5.16 Å². The minimum absolute atomic E-state index is 0.0622. The van der Waals surface area contributed by atoms with E-state index in [-0.39, 0.29) is 11.7 Å². The lowest BCUT2D eigenvalue weighted by Gasteiger charge is -2.23. The number of aryl methyl sites for hydroxylation is 1. The van der Waals surface area contributed by atoms with Gasteiger partial charge in [-0.15, -0.1) is 11.3 Å². The molecule has 1 amide bonds. The second kappa shape index (κ2) is 4.48. The molecule has 0 aromatic carbocycles. The van der Waals surface area contributed by atoms with Crippen molar-refractivity contribution >= 4 is 23.1 Å². The van der Waals surface area contributed by atoms with Gasteiger partial charge >= 0.3 is 0 Å². The van der Waals surface area contributed by atoms with E-state index in [2.05, 4.69) is 15.5 Å². The summed E-state index contributed by atoms with van der Waals surface area (Å²) in [5.74, 6) is -0.409. The Hall–Kier alpha value is -1.63. The molecule has 0 saturated heterocycles. The average Bonchev–Trinajstić information content (AvgIpc) is 2.63. The third-order valence-corrected chi connectivity index (χ3v) is 2.80. The van der Waals surface area contributed by atoms with Gasteiger partial charge in [0.15, 0.2) is 5.84 Å². The SMILES string of the molecule is Cc1nc(C(=O)NC(C)(C)C(N)=NO)cs1. The maximum Gasteiger partial charge on any atom is 0.271 e. The quantitative estimate of drug-likeness (QED) is 0.314. The number of thiazole rings is 1. The van der Waals surface area contributed by atoms with Gasteiger partial charge in [0.25, 0.3) is 5.91 Å². The molecule has 0 spiro atoms.